The maximum Gasteiger partial charge on any atom is 0.328 e. The summed E-state index contributed by atoms with van der Waals surface area (Å²) in [4.78, 5) is 25.5. The molecule has 1 rings (SSSR count). The Labute approximate surface area is 85.0 Å². The van der Waals surface area contributed by atoms with Crippen LogP contribution in [0.15, 0.2) is 9.59 Å². The van der Waals surface area contributed by atoms with Gasteiger partial charge in [0.2, 0.25) is 0 Å². The maximum atomic E-state index is 11.6. The summed E-state index contributed by atoms with van der Waals surface area (Å²) in [7, 11) is 1.46. The minimum atomic E-state index is -0.388. The zero-order valence-electron chi connectivity index (χ0n) is 8.33. The molecule has 0 aliphatic rings. The third-order valence-electron chi connectivity index (χ3n) is 1.90. The fourth-order valence-corrected chi connectivity index (χ4v) is 1.58. The number of aromatic amines is 1. The van der Waals surface area contributed by atoms with Crippen LogP contribution >= 0.6 is 11.8 Å². The van der Waals surface area contributed by atoms with Crippen LogP contribution in [0.3, 0.4) is 0 Å². The van der Waals surface area contributed by atoms with Crippen LogP contribution < -0.4 is 21.8 Å². The molecule has 1 aromatic heterocycles. The average molecular weight is 212 g/mol. The summed E-state index contributed by atoms with van der Waals surface area (Å²) >= 11 is 1.43. The topological polar surface area (TPSA) is 54.9 Å². The highest BCUT2D eigenvalue weighted by atomic mass is 32.2. The third kappa shape index (κ3) is 1.82. The first-order valence-corrected chi connectivity index (χ1v) is 5.39. The number of nitrogens with zero attached hydrogens (tertiary/aromatic N) is 1. The molecule has 0 atom stereocenters. The van der Waals surface area contributed by atoms with Gasteiger partial charge in [-0.05, 0) is 18.6 Å². The van der Waals surface area contributed by atoms with Crippen molar-refractivity contribution in [2.24, 2.45) is 7.05 Å². The summed E-state index contributed by atoms with van der Waals surface area (Å²) in [6.07, 6.45) is 3.58. The summed E-state index contributed by atoms with van der Waals surface area (Å²) in [6.45, 7) is 1.78. The van der Waals surface area contributed by atoms with E-state index in [9.17, 15) is 9.59 Å². The molecule has 0 fully saturated rings. The highest BCUT2D eigenvalue weighted by Crippen LogP contribution is 1.87. The Bertz CT molecular complexity index is 554. The monoisotopic (exact) mass is 212 g/mol. The Balaban J connectivity index is 3.92. The van der Waals surface area contributed by atoms with E-state index in [0.29, 0.717) is 10.6 Å². The van der Waals surface area contributed by atoms with Crippen molar-refractivity contribution in [2.45, 2.75) is 6.92 Å². The van der Waals surface area contributed by atoms with Gasteiger partial charge in [0.05, 0.1) is 10.6 Å². The molecule has 0 unspecified atom stereocenters. The molecule has 1 aromatic rings. The molecule has 0 spiro atoms. The quantitative estimate of drug-likeness (QED) is 0.648. The van der Waals surface area contributed by atoms with Crippen molar-refractivity contribution in [1.29, 1.82) is 0 Å². The van der Waals surface area contributed by atoms with E-state index in [1.54, 1.807) is 18.4 Å². The van der Waals surface area contributed by atoms with E-state index in [-0.39, 0.29) is 11.2 Å². The van der Waals surface area contributed by atoms with Gasteiger partial charge in [0.1, 0.15) is 0 Å². The Morgan fingerprint density at radius 2 is 2.07 bits per heavy atom. The van der Waals surface area contributed by atoms with Crippen molar-refractivity contribution in [2.75, 3.05) is 6.26 Å². The van der Waals surface area contributed by atoms with Gasteiger partial charge in [-0.2, -0.15) is 0 Å². The molecule has 0 aromatic carbocycles. The largest absolute Gasteiger partial charge is 0.328 e. The minimum Gasteiger partial charge on any atom is -0.307 e. The number of hydrogen-bond donors (Lipinski definition) is 1. The first-order valence-electron chi connectivity index (χ1n) is 4.10. The first-order chi connectivity index (χ1) is 6.61. The number of thioether (sulfide) groups is 1. The highest BCUT2D eigenvalue weighted by molar-refractivity contribution is 8.05. The Hall–Kier alpha value is -1.23. The van der Waals surface area contributed by atoms with Gasteiger partial charge < -0.3 is 4.98 Å². The molecule has 1 N–H and O–H groups in total. The lowest BCUT2D eigenvalue weighted by Gasteiger charge is -1.95. The molecule has 4 nitrogen and oxygen atoms in total. The Morgan fingerprint density at radius 3 is 2.57 bits per heavy atom. The smallest absolute Gasteiger partial charge is 0.307 e. The molecule has 1 heterocycles. The third-order valence-corrected chi connectivity index (χ3v) is 2.37. The van der Waals surface area contributed by atoms with Crippen molar-refractivity contribution in [3.8, 4) is 0 Å². The Morgan fingerprint density at radius 1 is 1.43 bits per heavy atom. The molecule has 0 saturated heterocycles. The number of hydrogen-bond acceptors (Lipinski definition) is 3. The second kappa shape index (κ2) is 4.32. The zero-order valence-corrected chi connectivity index (χ0v) is 9.14. The molecule has 0 saturated carbocycles. The van der Waals surface area contributed by atoms with Crippen LogP contribution in [0.25, 0.3) is 11.5 Å². The lowest BCUT2D eigenvalue weighted by molar-refractivity contribution is 0.757. The number of H-pyrrole nitrogens is 1. The van der Waals surface area contributed by atoms with Crippen molar-refractivity contribution < 1.29 is 0 Å². The molecule has 0 aliphatic carbocycles. The van der Waals surface area contributed by atoms with Gasteiger partial charge in [-0.25, -0.2) is 4.79 Å². The standard InChI is InChI=1S/C9H12N2O2S/c1-4-7-6(5-14-3)8(12)11(2)9(13)10-7/h4-5H,1-3H3,(H,10,13)/b6-5+,7-4+. The minimum absolute atomic E-state index is 0.267. The Kier molecular flexibility index (Phi) is 3.35. The lowest BCUT2D eigenvalue weighted by Crippen LogP contribution is -2.52. The summed E-state index contributed by atoms with van der Waals surface area (Å²) in [5.41, 5.74) is -0.655. The summed E-state index contributed by atoms with van der Waals surface area (Å²) in [5, 5.41) is 2.84. The number of nitrogens with one attached hydrogen (secondary N) is 1. The fraction of sp³-hybridized carbons (Fsp3) is 0.333. The molecule has 0 amide bonds. The van der Waals surface area contributed by atoms with E-state index in [2.05, 4.69) is 4.98 Å². The number of aromatic nitrogens is 2. The molecular formula is C9H12N2O2S. The first kappa shape index (κ1) is 10.8. The van der Waals surface area contributed by atoms with Crippen LogP contribution in [0.4, 0.5) is 0 Å². The van der Waals surface area contributed by atoms with Crippen molar-refractivity contribution in [1.82, 2.24) is 9.55 Å². The van der Waals surface area contributed by atoms with Crippen molar-refractivity contribution in [3.63, 3.8) is 0 Å². The van der Waals surface area contributed by atoms with Crippen LogP contribution in [0, 0.1) is 0 Å². The molecule has 14 heavy (non-hydrogen) atoms. The van der Waals surface area contributed by atoms with E-state index in [4.69, 9.17) is 0 Å². The average Bonchev–Trinajstić information content (AvgIpc) is 2.19. The van der Waals surface area contributed by atoms with E-state index >= 15 is 0 Å². The van der Waals surface area contributed by atoms with Gasteiger partial charge in [-0.3, -0.25) is 9.36 Å². The molecule has 0 aliphatic heterocycles. The van der Waals surface area contributed by atoms with Crippen LogP contribution in [0.2, 0.25) is 0 Å². The molecule has 5 heteroatoms. The van der Waals surface area contributed by atoms with E-state index in [1.807, 2.05) is 6.26 Å². The van der Waals surface area contributed by atoms with E-state index in [0.717, 1.165) is 4.57 Å². The van der Waals surface area contributed by atoms with Crippen LogP contribution in [-0.4, -0.2) is 15.8 Å². The van der Waals surface area contributed by atoms with E-state index < -0.39 is 0 Å². The molecular weight excluding hydrogens is 200 g/mol. The summed E-state index contributed by atoms with van der Waals surface area (Å²) < 4.78 is 1.06. The van der Waals surface area contributed by atoms with Crippen molar-refractivity contribution in [3.05, 3.63) is 31.4 Å². The molecule has 76 valence electrons. The highest BCUT2D eigenvalue weighted by Gasteiger charge is 1.98. The van der Waals surface area contributed by atoms with Crippen LogP contribution in [-0.2, 0) is 7.05 Å². The fourth-order valence-electron chi connectivity index (χ4n) is 1.11. The van der Waals surface area contributed by atoms with Crippen LogP contribution in [0.5, 0.6) is 0 Å². The zero-order chi connectivity index (χ0) is 10.7. The van der Waals surface area contributed by atoms with Gasteiger partial charge in [0.15, 0.2) is 0 Å². The maximum absolute atomic E-state index is 11.6. The predicted octanol–water partition coefficient (Wildman–Crippen LogP) is -1.02. The molecule has 0 bridgehead atoms. The number of rotatable bonds is 1. The second-order valence-corrected chi connectivity index (χ2v) is 3.47. The van der Waals surface area contributed by atoms with Gasteiger partial charge >= 0.3 is 5.69 Å². The van der Waals surface area contributed by atoms with E-state index in [1.165, 1.54) is 18.8 Å². The van der Waals surface area contributed by atoms with Crippen LogP contribution in [0.1, 0.15) is 6.92 Å². The molecule has 0 radical (unpaired) electrons. The van der Waals surface area contributed by atoms with Crippen molar-refractivity contribution >= 4 is 23.2 Å². The summed E-state index contributed by atoms with van der Waals surface area (Å²) in [6, 6.07) is 0. The van der Waals surface area contributed by atoms with Gasteiger partial charge in [0.25, 0.3) is 5.56 Å². The second-order valence-electron chi connectivity index (χ2n) is 2.76. The van der Waals surface area contributed by atoms with Gasteiger partial charge in [0, 0.05) is 7.05 Å². The lowest BCUT2D eigenvalue weighted by atomic mass is 10.4. The van der Waals surface area contributed by atoms with Gasteiger partial charge in [-0.15, -0.1) is 11.8 Å². The van der Waals surface area contributed by atoms with Gasteiger partial charge in [-0.1, -0.05) is 6.08 Å². The predicted molar refractivity (Wildman–Crippen MR) is 59.7 cm³/mol. The summed E-state index contributed by atoms with van der Waals surface area (Å²) in [5.74, 6) is 0. The normalized spacial score (nSPS) is 13.6. The SMILES string of the molecule is C/C=c1/[nH]c(=O)n(C)c(=O)/c1=C/SC.